The van der Waals surface area contributed by atoms with Crippen molar-refractivity contribution in [3.05, 3.63) is 62.1 Å². The Balaban J connectivity index is 2.37. The quantitative estimate of drug-likeness (QED) is 0.569. The maximum Gasteiger partial charge on any atom is 0.336 e. The predicted molar refractivity (Wildman–Crippen MR) is 94.2 cm³/mol. The molecule has 1 heterocycles. The second-order valence-corrected chi connectivity index (χ2v) is 6.46. The second kappa shape index (κ2) is 6.17. The van der Waals surface area contributed by atoms with Gasteiger partial charge in [-0.25, -0.2) is 9.78 Å². The first-order valence-electron chi connectivity index (χ1n) is 6.35. The van der Waals surface area contributed by atoms with Gasteiger partial charge in [-0.05, 0) is 36.4 Å². The lowest BCUT2D eigenvalue weighted by molar-refractivity contribution is 0.0699. The van der Waals surface area contributed by atoms with Crippen molar-refractivity contribution in [2.75, 3.05) is 0 Å². The number of fused-ring (bicyclic) bond motifs is 1. The Morgan fingerprint density at radius 2 is 1.61 bits per heavy atom. The number of benzene rings is 2. The highest BCUT2D eigenvalue weighted by molar-refractivity contribution is 6.39. The molecule has 0 radical (unpaired) electrons. The van der Waals surface area contributed by atoms with Gasteiger partial charge in [-0.2, -0.15) is 0 Å². The first kappa shape index (κ1) is 16.3. The normalized spacial score (nSPS) is 11.0. The van der Waals surface area contributed by atoms with Crippen molar-refractivity contribution >= 4 is 63.3 Å². The molecule has 0 aliphatic rings. The van der Waals surface area contributed by atoms with E-state index in [-0.39, 0.29) is 10.6 Å². The second-order valence-electron chi connectivity index (χ2n) is 4.77. The number of rotatable bonds is 2. The Hall–Kier alpha value is -1.52. The molecule has 0 fully saturated rings. The number of carboxylic acid groups (broad SMARTS) is 1. The lowest BCUT2D eigenvalue weighted by atomic mass is 10.0. The number of halogens is 4. The standard InChI is InChI=1S/C16H7Cl4NO2/c17-7-1-2-9(12(19)4-7)14-6-11(16(22)23)10-3-8(18)5-13(20)15(10)21-14/h1-6H,(H,22,23). The van der Waals surface area contributed by atoms with E-state index in [2.05, 4.69) is 4.98 Å². The van der Waals surface area contributed by atoms with Crippen LogP contribution in [0.4, 0.5) is 0 Å². The van der Waals surface area contributed by atoms with Gasteiger partial charge >= 0.3 is 5.97 Å². The Morgan fingerprint density at radius 3 is 2.26 bits per heavy atom. The van der Waals surface area contributed by atoms with Crippen LogP contribution in [-0.4, -0.2) is 16.1 Å². The van der Waals surface area contributed by atoms with Gasteiger partial charge in [-0.1, -0.05) is 46.4 Å². The highest BCUT2D eigenvalue weighted by atomic mass is 35.5. The fourth-order valence-corrected chi connectivity index (χ4v) is 3.31. The molecule has 2 aromatic carbocycles. The van der Waals surface area contributed by atoms with Crippen LogP contribution in [-0.2, 0) is 0 Å². The first-order chi connectivity index (χ1) is 10.9. The van der Waals surface area contributed by atoms with Gasteiger partial charge in [0.2, 0.25) is 0 Å². The largest absolute Gasteiger partial charge is 0.478 e. The van der Waals surface area contributed by atoms with Crippen LogP contribution in [0.15, 0.2) is 36.4 Å². The number of aromatic nitrogens is 1. The van der Waals surface area contributed by atoms with Crippen molar-refractivity contribution < 1.29 is 9.90 Å². The molecule has 0 saturated heterocycles. The number of hydrogen-bond acceptors (Lipinski definition) is 2. The molecule has 0 saturated carbocycles. The molecule has 0 bridgehead atoms. The zero-order valence-electron chi connectivity index (χ0n) is 11.3. The monoisotopic (exact) mass is 385 g/mol. The van der Waals surface area contributed by atoms with Crippen LogP contribution in [0.2, 0.25) is 20.1 Å². The molecule has 116 valence electrons. The summed E-state index contributed by atoms with van der Waals surface area (Å²) in [6.45, 7) is 0. The van der Waals surface area contributed by atoms with Crippen LogP contribution >= 0.6 is 46.4 Å². The average molecular weight is 387 g/mol. The average Bonchev–Trinajstić information content (AvgIpc) is 2.46. The first-order valence-corrected chi connectivity index (χ1v) is 7.86. The van der Waals surface area contributed by atoms with Crippen LogP contribution in [0.5, 0.6) is 0 Å². The summed E-state index contributed by atoms with van der Waals surface area (Å²) in [6.07, 6.45) is 0. The molecule has 7 heteroatoms. The molecule has 23 heavy (non-hydrogen) atoms. The number of carbonyl (C=O) groups is 1. The Bertz CT molecular complexity index is 956. The fourth-order valence-electron chi connectivity index (χ4n) is 2.26. The van der Waals surface area contributed by atoms with E-state index in [0.717, 1.165) is 0 Å². The van der Waals surface area contributed by atoms with Crippen molar-refractivity contribution in [1.82, 2.24) is 4.98 Å². The summed E-state index contributed by atoms with van der Waals surface area (Å²) in [7, 11) is 0. The van der Waals surface area contributed by atoms with Crippen molar-refractivity contribution in [3.63, 3.8) is 0 Å². The zero-order valence-corrected chi connectivity index (χ0v) is 14.3. The van der Waals surface area contributed by atoms with Gasteiger partial charge in [-0.3, -0.25) is 0 Å². The molecular formula is C16H7Cl4NO2. The zero-order chi connectivity index (χ0) is 16.7. The molecule has 3 nitrogen and oxygen atoms in total. The molecule has 0 aliphatic carbocycles. The third-order valence-corrected chi connectivity index (χ3v) is 4.32. The molecule has 1 aromatic heterocycles. The van der Waals surface area contributed by atoms with Crippen molar-refractivity contribution in [2.45, 2.75) is 0 Å². The third-order valence-electron chi connectivity index (χ3n) is 3.27. The van der Waals surface area contributed by atoms with E-state index in [1.807, 2.05) is 0 Å². The molecule has 0 atom stereocenters. The lowest BCUT2D eigenvalue weighted by Gasteiger charge is -2.10. The summed E-state index contributed by atoms with van der Waals surface area (Å²) in [5.74, 6) is -1.11. The third kappa shape index (κ3) is 3.10. The summed E-state index contributed by atoms with van der Waals surface area (Å²) in [4.78, 5) is 16.0. The molecule has 0 unspecified atom stereocenters. The molecule has 1 N–H and O–H groups in total. The summed E-state index contributed by atoms with van der Waals surface area (Å²) in [6, 6.07) is 9.36. The summed E-state index contributed by atoms with van der Waals surface area (Å²) >= 11 is 24.2. The van der Waals surface area contributed by atoms with Gasteiger partial charge < -0.3 is 5.11 Å². The Labute approximate surface area is 151 Å². The molecule has 0 spiro atoms. The van der Waals surface area contributed by atoms with E-state index >= 15 is 0 Å². The van der Waals surface area contributed by atoms with E-state index < -0.39 is 5.97 Å². The minimum atomic E-state index is -1.11. The number of pyridine rings is 1. The molecule has 0 amide bonds. The van der Waals surface area contributed by atoms with Crippen molar-refractivity contribution in [2.24, 2.45) is 0 Å². The number of hydrogen-bond donors (Lipinski definition) is 1. The SMILES string of the molecule is O=C(O)c1cc(-c2ccc(Cl)cc2Cl)nc2c(Cl)cc(Cl)cc12. The van der Waals surface area contributed by atoms with E-state index in [1.54, 1.807) is 18.2 Å². The molecule has 0 aliphatic heterocycles. The van der Waals surface area contributed by atoms with Crippen molar-refractivity contribution in [3.8, 4) is 11.3 Å². The minimum absolute atomic E-state index is 0.0421. The summed E-state index contributed by atoms with van der Waals surface area (Å²) < 4.78 is 0. The summed E-state index contributed by atoms with van der Waals surface area (Å²) in [5, 5.41) is 11.3. The number of carboxylic acids is 1. The topological polar surface area (TPSA) is 50.2 Å². The molecular weight excluding hydrogens is 380 g/mol. The van der Waals surface area contributed by atoms with Crippen molar-refractivity contribution in [1.29, 1.82) is 0 Å². The van der Waals surface area contributed by atoms with Gasteiger partial charge in [0.15, 0.2) is 0 Å². The van der Waals surface area contributed by atoms with Crippen LogP contribution in [0.1, 0.15) is 10.4 Å². The lowest BCUT2D eigenvalue weighted by Crippen LogP contribution is -2.01. The summed E-state index contributed by atoms with van der Waals surface area (Å²) in [5.41, 5.74) is 1.34. The molecule has 3 aromatic rings. The Morgan fingerprint density at radius 1 is 0.913 bits per heavy atom. The Kier molecular flexibility index (Phi) is 4.39. The highest BCUT2D eigenvalue weighted by Gasteiger charge is 2.17. The minimum Gasteiger partial charge on any atom is -0.478 e. The maximum absolute atomic E-state index is 11.6. The molecule has 3 rings (SSSR count). The van der Waals surface area contributed by atoms with Crippen LogP contribution in [0.3, 0.4) is 0 Å². The fraction of sp³-hybridized carbons (Fsp3) is 0. The van der Waals surface area contributed by atoms with Crippen LogP contribution < -0.4 is 0 Å². The maximum atomic E-state index is 11.6. The highest BCUT2D eigenvalue weighted by Crippen LogP contribution is 2.35. The van der Waals surface area contributed by atoms with E-state index in [1.165, 1.54) is 18.2 Å². The van der Waals surface area contributed by atoms with E-state index in [4.69, 9.17) is 46.4 Å². The number of nitrogens with zero attached hydrogens (tertiary/aromatic N) is 1. The van der Waals surface area contributed by atoms with E-state index in [9.17, 15) is 9.90 Å². The number of aromatic carboxylic acids is 1. The van der Waals surface area contributed by atoms with Crippen LogP contribution in [0, 0.1) is 0 Å². The van der Waals surface area contributed by atoms with Crippen LogP contribution in [0.25, 0.3) is 22.2 Å². The van der Waals surface area contributed by atoms with Gasteiger partial charge in [0.1, 0.15) is 0 Å². The van der Waals surface area contributed by atoms with Gasteiger partial charge in [-0.15, -0.1) is 0 Å². The smallest absolute Gasteiger partial charge is 0.336 e. The van der Waals surface area contributed by atoms with Gasteiger partial charge in [0.25, 0.3) is 0 Å². The van der Waals surface area contributed by atoms with Gasteiger partial charge in [0.05, 0.1) is 26.8 Å². The van der Waals surface area contributed by atoms with E-state index in [0.29, 0.717) is 37.2 Å². The van der Waals surface area contributed by atoms with Gasteiger partial charge in [0, 0.05) is 21.0 Å². The predicted octanol–water partition coefficient (Wildman–Crippen LogP) is 6.21.